The quantitative estimate of drug-likeness (QED) is 0.866. The summed E-state index contributed by atoms with van der Waals surface area (Å²) in [5.74, 6) is 0.880. The molecule has 2 aromatic rings. The van der Waals surface area contributed by atoms with Crippen LogP contribution in [-0.4, -0.2) is 0 Å². The molecular weight excluding hydrogens is 222 g/mol. The van der Waals surface area contributed by atoms with Gasteiger partial charge in [0.1, 0.15) is 12.4 Å². The lowest BCUT2D eigenvalue weighted by molar-refractivity contribution is 0.306. The van der Waals surface area contributed by atoms with Crippen LogP contribution in [0.4, 0.5) is 0 Å². The van der Waals surface area contributed by atoms with Crippen LogP contribution in [0.3, 0.4) is 0 Å². The van der Waals surface area contributed by atoms with E-state index in [1.165, 1.54) is 5.56 Å². The van der Waals surface area contributed by atoms with Gasteiger partial charge in [-0.15, -0.1) is 0 Å². The SMILES string of the molecule is CC[C@@H](N)c1ccc(OCc2ccccc2)cc1. The third kappa shape index (κ3) is 3.34. The van der Waals surface area contributed by atoms with E-state index in [9.17, 15) is 0 Å². The molecule has 0 amide bonds. The van der Waals surface area contributed by atoms with Crippen molar-refractivity contribution in [3.05, 3.63) is 65.7 Å². The van der Waals surface area contributed by atoms with Gasteiger partial charge in [-0.3, -0.25) is 0 Å². The Morgan fingerprint density at radius 3 is 2.28 bits per heavy atom. The number of hydrogen-bond acceptors (Lipinski definition) is 2. The van der Waals surface area contributed by atoms with Crippen LogP contribution >= 0.6 is 0 Å². The summed E-state index contributed by atoms with van der Waals surface area (Å²) >= 11 is 0. The molecule has 0 spiro atoms. The lowest BCUT2D eigenvalue weighted by Crippen LogP contribution is -2.08. The third-order valence-corrected chi connectivity index (χ3v) is 3.00. The van der Waals surface area contributed by atoms with Crippen LogP contribution in [0.5, 0.6) is 5.75 Å². The van der Waals surface area contributed by atoms with Gasteiger partial charge in [0.25, 0.3) is 0 Å². The van der Waals surface area contributed by atoms with Crippen molar-refractivity contribution in [1.29, 1.82) is 0 Å². The van der Waals surface area contributed by atoms with Crippen molar-refractivity contribution in [2.24, 2.45) is 5.73 Å². The molecule has 2 N–H and O–H groups in total. The first-order valence-corrected chi connectivity index (χ1v) is 6.32. The topological polar surface area (TPSA) is 35.2 Å². The Balaban J connectivity index is 1.94. The predicted molar refractivity (Wildman–Crippen MR) is 74.4 cm³/mol. The number of nitrogens with two attached hydrogens (primary N) is 1. The zero-order valence-corrected chi connectivity index (χ0v) is 10.7. The Morgan fingerprint density at radius 1 is 1.00 bits per heavy atom. The van der Waals surface area contributed by atoms with E-state index in [1.807, 2.05) is 42.5 Å². The number of benzene rings is 2. The van der Waals surface area contributed by atoms with E-state index in [4.69, 9.17) is 10.5 Å². The van der Waals surface area contributed by atoms with Crippen molar-refractivity contribution < 1.29 is 4.74 Å². The average molecular weight is 241 g/mol. The van der Waals surface area contributed by atoms with Gasteiger partial charge < -0.3 is 10.5 Å². The summed E-state index contributed by atoms with van der Waals surface area (Å²) in [5.41, 5.74) is 8.30. The fourth-order valence-corrected chi connectivity index (χ4v) is 1.79. The van der Waals surface area contributed by atoms with Crippen LogP contribution in [0.15, 0.2) is 54.6 Å². The molecule has 0 aliphatic heterocycles. The molecule has 0 aliphatic rings. The molecule has 0 bridgehead atoms. The summed E-state index contributed by atoms with van der Waals surface area (Å²) in [4.78, 5) is 0. The van der Waals surface area contributed by atoms with Gasteiger partial charge in [-0.25, -0.2) is 0 Å². The van der Waals surface area contributed by atoms with Crippen molar-refractivity contribution in [3.8, 4) is 5.75 Å². The van der Waals surface area contributed by atoms with Gasteiger partial charge in [0.2, 0.25) is 0 Å². The molecule has 0 saturated heterocycles. The minimum atomic E-state index is 0.119. The summed E-state index contributed by atoms with van der Waals surface area (Å²) in [6, 6.07) is 18.3. The molecule has 18 heavy (non-hydrogen) atoms. The standard InChI is InChI=1S/C16H19NO/c1-2-16(17)14-8-10-15(11-9-14)18-12-13-6-4-3-5-7-13/h3-11,16H,2,12,17H2,1H3/t16-/m1/s1. The predicted octanol–water partition coefficient (Wildman–Crippen LogP) is 3.68. The minimum Gasteiger partial charge on any atom is -0.489 e. The molecule has 0 fully saturated rings. The highest BCUT2D eigenvalue weighted by Crippen LogP contribution is 2.19. The van der Waals surface area contributed by atoms with E-state index in [-0.39, 0.29) is 6.04 Å². The van der Waals surface area contributed by atoms with Gasteiger partial charge in [0.05, 0.1) is 0 Å². The number of ether oxygens (including phenoxy) is 1. The summed E-state index contributed by atoms with van der Waals surface area (Å²) < 4.78 is 5.72. The normalized spacial score (nSPS) is 12.1. The Morgan fingerprint density at radius 2 is 1.67 bits per heavy atom. The van der Waals surface area contributed by atoms with E-state index in [1.54, 1.807) is 0 Å². The van der Waals surface area contributed by atoms with Crippen LogP contribution in [-0.2, 0) is 6.61 Å². The molecule has 1 atom stereocenters. The molecule has 0 aliphatic carbocycles. The Kier molecular flexibility index (Phi) is 4.37. The first-order chi connectivity index (χ1) is 8.79. The molecule has 94 valence electrons. The highest BCUT2D eigenvalue weighted by molar-refractivity contribution is 5.29. The zero-order chi connectivity index (χ0) is 12.8. The highest BCUT2D eigenvalue weighted by atomic mass is 16.5. The summed E-state index contributed by atoms with van der Waals surface area (Å²) in [5, 5.41) is 0. The van der Waals surface area contributed by atoms with Crippen molar-refractivity contribution in [1.82, 2.24) is 0 Å². The van der Waals surface area contributed by atoms with Crippen LogP contribution in [0.2, 0.25) is 0 Å². The van der Waals surface area contributed by atoms with Gasteiger partial charge in [-0.05, 0) is 29.7 Å². The molecule has 2 rings (SSSR count). The fraction of sp³-hybridized carbons (Fsp3) is 0.250. The Hall–Kier alpha value is -1.80. The van der Waals surface area contributed by atoms with Crippen molar-refractivity contribution >= 4 is 0 Å². The lowest BCUT2D eigenvalue weighted by Gasteiger charge is -2.10. The Labute approximate surface area is 108 Å². The van der Waals surface area contributed by atoms with Crippen molar-refractivity contribution in [2.45, 2.75) is 26.0 Å². The molecule has 2 heteroatoms. The second-order valence-corrected chi connectivity index (χ2v) is 4.36. The first-order valence-electron chi connectivity index (χ1n) is 6.32. The van der Waals surface area contributed by atoms with Gasteiger partial charge in [-0.2, -0.15) is 0 Å². The van der Waals surface area contributed by atoms with Crippen molar-refractivity contribution in [2.75, 3.05) is 0 Å². The summed E-state index contributed by atoms with van der Waals surface area (Å²) in [6.07, 6.45) is 0.949. The average Bonchev–Trinajstić information content (AvgIpc) is 2.46. The van der Waals surface area contributed by atoms with Crippen LogP contribution < -0.4 is 10.5 Å². The molecule has 0 heterocycles. The fourth-order valence-electron chi connectivity index (χ4n) is 1.79. The first kappa shape index (κ1) is 12.7. The Bertz CT molecular complexity index is 464. The second kappa shape index (κ2) is 6.22. The molecular formula is C16H19NO. The molecule has 0 aromatic heterocycles. The second-order valence-electron chi connectivity index (χ2n) is 4.36. The van der Waals surface area contributed by atoms with E-state index < -0.39 is 0 Å². The van der Waals surface area contributed by atoms with Crippen molar-refractivity contribution in [3.63, 3.8) is 0 Å². The third-order valence-electron chi connectivity index (χ3n) is 3.00. The smallest absolute Gasteiger partial charge is 0.119 e. The summed E-state index contributed by atoms with van der Waals surface area (Å²) in [6.45, 7) is 2.69. The lowest BCUT2D eigenvalue weighted by atomic mass is 10.1. The monoisotopic (exact) mass is 241 g/mol. The van der Waals surface area contributed by atoms with Gasteiger partial charge in [0.15, 0.2) is 0 Å². The largest absolute Gasteiger partial charge is 0.489 e. The maximum Gasteiger partial charge on any atom is 0.119 e. The van der Waals surface area contributed by atoms with Gasteiger partial charge in [0, 0.05) is 6.04 Å². The number of hydrogen-bond donors (Lipinski definition) is 1. The van der Waals surface area contributed by atoms with Gasteiger partial charge >= 0.3 is 0 Å². The molecule has 2 aromatic carbocycles. The zero-order valence-electron chi connectivity index (χ0n) is 10.7. The van der Waals surface area contributed by atoms with Crippen LogP contribution in [0.1, 0.15) is 30.5 Å². The molecule has 0 unspecified atom stereocenters. The molecule has 0 saturated carbocycles. The van der Waals surface area contributed by atoms with E-state index in [0.29, 0.717) is 6.61 Å². The van der Waals surface area contributed by atoms with E-state index in [0.717, 1.165) is 17.7 Å². The van der Waals surface area contributed by atoms with Gasteiger partial charge in [-0.1, -0.05) is 49.4 Å². The van der Waals surface area contributed by atoms with Crippen LogP contribution in [0, 0.1) is 0 Å². The summed E-state index contributed by atoms with van der Waals surface area (Å²) in [7, 11) is 0. The van der Waals surface area contributed by atoms with E-state index in [2.05, 4.69) is 19.1 Å². The van der Waals surface area contributed by atoms with Crippen LogP contribution in [0.25, 0.3) is 0 Å². The molecule has 2 nitrogen and oxygen atoms in total. The maximum atomic E-state index is 5.97. The van der Waals surface area contributed by atoms with E-state index >= 15 is 0 Å². The minimum absolute atomic E-state index is 0.119. The maximum absolute atomic E-state index is 5.97. The highest BCUT2D eigenvalue weighted by Gasteiger charge is 2.03. The number of rotatable bonds is 5. The molecule has 0 radical (unpaired) electrons.